The van der Waals surface area contributed by atoms with Crippen molar-refractivity contribution in [3.63, 3.8) is 0 Å². The molecule has 0 heterocycles. The number of nitrogens with zero attached hydrogens (tertiary/aromatic N) is 1. The van der Waals surface area contributed by atoms with Gasteiger partial charge in [-0.1, -0.05) is 28.9 Å². The summed E-state index contributed by atoms with van der Waals surface area (Å²) in [6.45, 7) is 0.706. The molecule has 0 aromatic heterocycles. The van der Waals surface area contributed by atoms with Gasteiger partial charge in [0, 0.05) is 12.1 Å². The van der Waals surface area contributed by atoms with Crippen molar-refractivity contribution in [3.05, 3.63) is 47.0 Å². The number of rotatable bonds is 6. The minimum atomic E-state index is -0.0263. The highest BCUT2D eigenvalue weighted by Crippen LogP contribution is 2.19. The molecule has 4 nitrogen and oxygen atoms in total. The van der Waals surface area contributed by atoms with E-state index < -0.39 is 0 Å². The SMILES string of the molecule is CO/N=C/c1ccc(C(=O)NCCC2=CCCCC2)cc1. The Morgan fingerprint density at radius 2 is 2.14 bits per heavy atom. The van der Waals surface area contributed by atoms with Crippen molar-refractivity contribution >= 4 is 12.1 Å². The van der Waals surface area contributed by atoms with Gasteiger partial charge in [-0.2, -0.15) is 0 Å². The highest BCUT2D eigenvalue weighted by atomic mass is 16.6. The van der Waals surface area contributed by atoms with Gasteiger partial charge in [0.05, 0.1) is 6.21 Å². The van der Waals surface area contributed by atoms with E-state index in [1.54, 1.807) is 18.3 Å². The van der Waals surface area contributed by atoms with Gasteiger partial charge in [0.1, 0.15) is 7.11 Å². The van der Waals surface area contributed by atoms with Crippen LogP contribution in [0.25, 0.3) is 0 Å². The molecule has 2 rings (SSSR count). The van der Waals surface area contributed by atoms with Gasteiger partial charge in [0.2, 0.25) is 0 Å². The summed E-state index contributed by atoms with van der Waals surface area (Å²) in [5, 5.41) is 6.66. The molecule has 1 aliphatic carbocycles. The van der Waals surface area contributed by atoms with Crippen molar-refractivity contribution in [2.75, 3.05) is 13.7 Å². The van der Waals surface area contributed by atoms with Gasteiger partial charge in [0.15, 0.2) is 0 Å². The Balaban J connectivity index is 1.80. The van der Waals surface area contributed by atoms with Crippen LogP contribution in [0.3, 0.4) is 0 Å². The maximum atomic E-state index is 12.0. The molecule has 0 unspecified atom stereocenters. The van der Waals surface area contributed by atoms with Gasteiger partial charge >= 0.3 is 0 Å². The maximum absolute atomic E-state index is 12.0. The number of nitrogens with one attached hydrogen (secondary N) is 1. The first-order valence-corrected chi connectivity index (χ1v) is 7.42. The number of hydrogen-bond acceptors (Lipinski definition) is 3. The molecule has 0 bridgehead atoms. The van der Waals surface area contributed by atoms with E-state index in [1.165, 1.54) is 38.4 Å². The Kier molecular flexibility index (Phi) is 6.00. The van der Waals surface area contributed by atoms with E-state index in [1.807, 2.05) is 12.1 Å². The predicted octanol–water partition coefficient (Wildman–Crippen LogP) is 3.29. The van der Waals surface area contributed by atoms with E-state index in [2.05, 4.69) is 21.4 Å². The van der Waals surface area contributed by atoms with E-state index in [4.69, 9.17) is 0 Å². The third-order valence-electron chi connectivity index (χ3n) is 3.60. The lowest BCUT2D eigenvalue weighted by Gasteiger charge is -2.13. The number of oxime groups is 1. The fourth-order valence-corrected chi connectivity index (χ4v) is 2.40. The van der Waals surface area contributed by atoms with Gasteiger partial charge in [-0.3, -0.25) is 4.79 Å². The van der Waals surface area contributed by atoms with Crippen LogP contribution in [0.2, 0.25) is 0 Å². The number of hydrogen-bond donors (Lipinski definition) is 1. The van der Waals surface area contributed by atoms with Gasteiger partial charge in [-0.05, 0) is 49.8 Å². The zero-order valence-corrected chi connectivity index (χ0v) is 12.5. The van der Waals surface area contributed by atoms with Crippen LogP contribution < -0.4 is 5.32 Å². The number of benzene rings is 1. The molecule has 1 aromatic carbocycles. The summed E-state index contributed by atoms with van der Waals surface area (Å²) in [7, 11) is 1.50. The second-order valence-corrected chi connectivity index (χ2v) is 5.15. The molecule has 1 aromatic rings. The molecule has 1 aliphatic rings. The molecule has 0 saturated carbocycles. The van der Waals surface area contributed by atoms with Crippen LogP contribution in [0.15, 0.2) is 41.1 Å². The molecular formula is C17H22N2O2. The quantitative estimate of drug-likeness (QED) is 0.495. The predicted molar refractivity (Wildman–Crippen MR) is 84.5 cm³/mol. The Morgan fingerprint density at radius 1 is 1.33 bits per heavy atom. The van der Waals surface area contributed by atoms with Crippen LogP contribution in [-0.4, -0.2) is 25.8 Å². The number of amides is 1. The molecular weight excluding hydrogens is 264 g/mol. The Labute approximate surface area is 125 Å². The van der Waals surface area contributed by atoms with Crippen molar-refractivity contribution in [1.29, 1.82) is 0 Å². The van der Waals surface area contributed by atoms with Crippen molar-refractivity contribution in [2.24, 2.45) is 5.16 Å². The molecule has 1 N–H and O–H groups in total. The summed E-state index contributed by atoms with van der Waals surface area (Å²) in [5.74, 6) is -0.0263. The highest BCUT2D eigenvalue weighted by molar-refractivity contribution is 5.95. The monoisotopic (exact) mass is 286 g/mol. The summed E-state index contributed by atoms with van der Waals surface area (Å²) in [5.41, 5.74) is 3.05. The summed E-state index contributed by atoms with van der Waals surface area (Å²) >= 11 is 0. The average Bonchev–Trinajstić information content (AvgIpc) is 2.54. The largest absolute Gasteiger partial charge is 0.399 e. The first-order valence-electron chi connectivity index (χ1n) is 7.42. The minimum absolute atomic E-state index is 0.0263. The van der Waals surface area contributed by atoms with Crippen LogP contribution in [0.1, 0.15) is 48.0 Å². The van der Waals surface area contributed by atoms with E-state index in [9.17, 15) is 4.79 Å². The molecule has 1 amide bonds. The number of carbonyl (C=O) groups excluding carboxylic acids is 1. The fraction of sp³-hybridized carbons (Fsp3) is 0.412. The van der Waals surface area contributed by atoms with Gasteiger partial charge in [0.25, 0.3) is 5.91 Å². The normalized spacial score (nSPS) is 14.8. The molecule has 0 atom stereocenters. The first kappa shape index (κ1) is 15.3. The summed E-state index contributed by atoms with van der Waals surface area (Å²) in [4.78, 5) is 16.6. The average molecular weight is 286 g/mol. The third-order valence-corrected chi connectivity index (χ3v) is 3.60. The topological polar surface area (TPSA) is 50.7 Å². The van der Waals surface area contributed by atoms with Crippen molar-refractivity contribution in [3.8, 4) is 0 Å². The van der Waals surface area contributed by atoms with Crippen LogP contribution in [0.4, 0.5) is 0 Å². The van der Waals surface area contributed by atoms with E-state index in [-0.39, 0.29) is 5.91 Å². The molecule has 0 radical (unpaired) electrons. The molecule has 112 valence electrons. The van der Waals surface area contributed by atoms with Crippen LogP contribution in [0, 0.1) is 0 Å². The molecule has 0 spiro atoms. The Hall–Kier alpha value is -2.10. The van der Waals surface area contributed by atoms with Gasteiger partial charge < -0.3 is 10.2 Å². The van der Waals surface area contributed by atoms with Gasteiger partial charge in [-0.25, -0.2) is 0 Å². The van der Waals surface area contributed by atoms with E-state index in [0.29, 0.717) is 12.1 Å². The lowest BCUT2D eigenvalue weighted by atomic mass is 9.97. The molecule has 0 saturated heterocycles. The fourth-order valence-electron chi connectivity index (χ4n) is 2.40. The standard InChI is InChI=1S/C17H22N2O2/c1-21-19-13-15-7-9-16(10-8-15)17(20)18-12-11-14-5-3-2-4-6-14/h5,7-10,13H,2-4,6,11-12H2,1H3,(H,18,20)/b19-13+. The molecule has 21 heavy (non-hydrogen) atoms. The van der Waals surface area contributed by atoms with Crippen LogP contribution >= 0.6 is 0 Å². The minimum Gasteiger partial charge on any atom is -0.399 e. The first-order chi connectivity index (χ1) is 10.3. The smallest absolute Gasteiger partial charge is 0.251 e. The van der Waals surface area contributed by atoms with Crippen molar-refractivity contribution in [1.82, 2.24) is 5.32 Å². The summed E-state index contributed by atoms with van der Waals surface area (Å²) in [6.07, 6.45) is 9.84. The Morgan fingerprint density at radius 3 is 2.81 bits per heavy atom. The second-order valence-electron chi connectivity index (χ2n) is 5.15. The number of carbonyl (C=O) groups is 1. The van der Waals surface area contributed by atoms with Crippen LogP contribution in [0.5, 0.6) is 0 Å². The van der Waals surface area contributed by atoms with E-state index >= 15 is 0 Å². The highest BCUT2D eigenvalue weighted by Gasteiger charge is 2.06. The van der Waals surface area contributed by atoms with Crippen molar-refractivity contribution < 1.29 is 9.63 Å². The van der Waals surface area contributed by atoms with E-state index in [0.717, 1.165) is 12.0 Å². The van der Waals surface area contributed by atoms with Gasteiger partial charge in [-0.15, -0.1) is 0 Å². The third kappa shape index (κ3) is 5.06. The van der Waals surface area contributed by atoms with Crippen molar-refractivity contribution in [2.45, 2.75) is 32.1 Å². The summed E-state index contributed by atoms with van der Waals surface area (Å²) in [6, 6.07) is 7.29. The molecule has 4 heteroatoms. The lowest BCUT2D eigenvalue weighted by Crippen LogP contribution is -2.24. The molecule has 0 fully saturated rings. The second kappa shape index (κ2) is 8.25. The zero-order chi connectivity index (χ0) is 14.9. The van der Waals surface area contributed by atoms with Crippen LogP contribution in [-0.2, 0) is 4.84 Å². The number of allylic oxidation sites excluding steroid dienone is 1. The summed E-state index contributed by atoms with van der Waals surface area (Å²) < 4.78 is 0. The Bertz CT molecular complexity index is 518. The maximum Gasteiger partial charge on any atom is 0.251 e. The zero-order valence-electron chi connectivity index (χ0n) is 12.5. The lowest BCUT2D eigenvalue weighted by molar-refractivity contribution is 0.0954. The molecule has 0 aliphatic heterocycles.